The lowest BCUT2D eigenvalue weighted by Gasteiger charge is -2.14. The first-order chi connectivity index (χ1) is 9.63. The van der Waals surface area contributed by atoms with E-state index in [9.17, 15) is 5.11 Å². The summed E-state index contributed by atoms with van der Waals surface area (Å²) in [5.74, 6) is 0.638. The average molecular weight is 312 g/mol. The average Bonchev–Trinajstić information content (AvgIpc) is 2.43. The second kappa shape index (κ2) is 7.39. The molecule has 2 N–H and O–H groups in total. The van der Waals surface area contributed by atoms with E-state index >= 15 is 0 Å². The first-order valence-corrected chi connectivity index (χ1v) is 6.95. The Labute approximate surface area is 128 Å². The van der Waals surface area contributed by atoms with Gasteiger partial charge in [-0.05, 0) is 36.4 Å². The molecule has 0 aliphatic rings. The molecule has 0 bridgehead atoms. The smallest absolute Gasteiger partial charge is 0.120 e. The van der Waals surface area contributed by atoms with E-state index in [4.69, 9.17) is 27.9 Å². The zero-order valence-electron chi connectivity index (χ0n) is 10.7. The molecule has 0 amide bonds. The van der Waals surface area contributed by atoms with Crippen LogP contribution in [0.2, 0.25) is 10.0 Å². The molecule has 2 rings (SSSR count). The highest BCUT2D eigenvalue weighted by Crippen LogP contribution is 2.17. The van der Waals surface area contributed by atoms with Gasteiger partial charge in [-0.1, -0.05) is 35.3 Å². The third kappa shape index (κ3) is 4.93. The van der Waals surface area contributed by atoms with Crippen LogP contribution in [0.3, 0.4) is 0 Å². The second-order valence-corrected chi connectivity index (χ2v) is 5.19. The Hall–Kier alpha value is -1.42. The maximum atomic E-state index is 9.86. The van der Waals surface area contributed by atoms with E-state index in [2.05, 4.69) is 5.32 Å². The molecule has 0 aliphatic heterocycles. The van der Waals surface area contributed by atoms with Crippen molar-refractivity contribution in [2.24, 2.45) is 0 Å². The zero-order chi connectivity index (χ0) is 14.4. The van der Waals surface area contributed by atoms with Crippen LogP contribution in [0.25, 0.3) is 0 Å². The number of ether oxygens (including phenoxy) is 1. The number of anilines is 1. The summed E-state index contributed by atoms with van der Waals surface area (Å²) in [5.41, 5.74) is 0.860. The van der Waals surface area contributed by atoms with Crippen molar-refractivity contribution in [2.45, 2.75) is 6.10 Å². The van der Waals surface area contributed by atoms with E-state index in [-0.39, 0.29) is 6.61 Å². The monoisotopic (exact) mass is 311 g/mol. The largest absolute Gasteiger partial charge is 0.491 e. The molecular formula is C15H15Cl2NO2. The van der Waals surface area contributed by atoms with E-state index < -0.39 is 6.10 Å². The van der Waals surface area contributed by atoms with Gasteiger partial charge in [-0.3, -0.25) is 0 Å². The van der Waals surface area contributed by atoms with Gasteiger partial charge in [-0.2, -0.15) is 0 Å². The number of aliphatic hydroxyl groups excluding tert-OH is 1. The number of hydrogen-bond acceptors (Lipinski definition) is 3. The topological polar surface area (TPSA) is 41.5 Å². The summed E-state index contributed by atoms with van der Waals surface area (Å²) in [6.45, 7) is 0.564. The highest BCUT2D eigenvalue weighted by molar-refractivity contribution is 6.31. The summed E-state index contributed by atoms with van der Waals surface area (Å²) in [4.78, 5) is 0. The molecule has 1 atom stereocenters. The van der Waals surface area contributed by atoms with Crippen molar-refractivity contribution in [1.82, 2.24) is 0 Å². The van der Waals surface area contributed by atoms with E-state index in [1.165, 1.54) is 0 Å². The lowest BCUT2D eigenvalue weighted by Crippen LogP contribution is -2.26. The molecule has 106 valence electrons. The molecule has 1 unspecified atom stereocenters. The molecule has 0 spiro atoms. The second-order valence-electron chi connectivity index (χ2n) is 4.31. The number of aliphatic hydroxyl groups is 1. The Kier molecular flexibility index (Phi) is 5.53. The van der Waals surface area contributed by atoms with E-state index in [0.717, 1.165) is 5.69 Å². The molecule has 0 radical (unpaired) electrons. The van der Waals surface area contributed by atoms with Crippen LogP contribution >= 0.6 is 23.2 Å². The van der Waals surface area contributed by atoms with Crippen molar-refractivity contribution < 1.29 is 9.84 Å². The van der Waals surface area contributed by atoms with Crippen molar-refractivity contribution >= 4 is 28.9 Å². The number of hydrogen-bond donors (Lipinski definition) is 2. The number of nitrogens with one attached hydrogen (secondary N) is 1. The maximum Gasteiger partial charge on any atom is 0.120 e. The Balaban J connectivity index is 1.77. The van der Waals surface area contributed by atoms with Crippen LogP contribution in [-0.4, -0.2) is 24.4 Å². The van der Waals surface area contributed by atoms with Gasteiger partial charge >= 0.3 is 0 Å². The quantitative estimate of drug-likeness (QED) is 0.851. The van der Waals surface area contributed by atoms with Crippen molar-refractivity contribution in [3.8, 4) is 5.75 Å². The first-order valence-electron chi connectivity index (χ1n) is 6.19. The summed E-state index contributed by atoms with van der Waals surface area (Å²) in [7, 11) is 0. The molecule has 20 heavy (non-hydrogen) atoms. The van der Waals surface area contributed by atoms with Crippen molar-refractivity contribution in [1.29, 1.82) is 0 Å². The van der Waals surface area contributed by atoms with Gasteiger partial charge in [0.2, 0.25) is 0 Å². The molecule has 5 heteroatoms. The van der Waals surface area contributed by atoms with Gasteiger partial charge in [0.1, 0.15) is 18.5 Å². The predicted molar refractivity (Wildman–Crippen MR) is 82.9 cm³/mol. The van der Waals surface area contributed by atoms with E-state index in [0.29, 0.717) is 22.3 Å². The van der Waals surface area contributed by atoms with Crippen molar-refractivity contribution in [3.05, 3.63) is 58.6 Å². The highest BCUT2D eigenvalue weighted by Gasteiger charge is 2.05. The van der Waals surface area contributed by atoms with Crippen LogP contribution < -0.4 is 10.1 Å². The van der Waals surface area contributed by atoms with Crippen molar-refractivity contribution in [2.75, 3.05) is 18.5 Å². The Morgan fingerprint density at radius 1 is 1.05 bits per heavy atom. The summed E-state index contributed by atoms with van der Waals surface area (Å²) in [6, 6.07) is 14.4. The molecule has 0 aliphatic carbocycles. The van der Waals surface area contributed by atoms with Gasteiger partial charge in [-0.15, -0.1) is 0 Å². The highest BCUT2D eigenvalue weighted by atomic mass is 35.5. The SMILES string of the molecule is OC(CNc1cccc(Cl)c1)COc1cccc(Cl)c1. The molecule has 0 saturated carbocycles. The third-order valence-corrected chi connectivity index (χ3v) is 3.08. The normalized spacial score (nSPS) is 11.9. The minimum absolute atomic E-state index is 0.188. The van der Waals surface area contributed by atoms with Crippen LogP contribution in [-0.2, 0) is 0 Å². The Bertz CT molecular complexity index is 514. The van der Waals surface area contributed by atoms with Gasteiger partial charge in [-0.25, -0.2) is 0 Å². The summed E-state index contributed by atoms with van der Waals surface area (Å²) < 4.78 is 5.46. The van der Waals surface area contributed by atoms with Crippen LogP contribution in [0, 0.1) is 0 Å². The predicted octanol–water partition coefficient (Wildman–Crippen LogP) is 3.85. The minimum Gasteiger partial charge on any atom is -0.491 e. The van der Waals surface area contributed by atoms with E-state index in [1.807, 2.05) is 12.1 Å². The summed E-state index contributed by atoms with van der Waals surface area (Å²) in [6.07, 6.45) is -0.632. The minimum atomic E-state index is -0.632. The van der Waals surface area contributed by atoms with Crippen LogP contribution in [0.5, 0.6) is 5.75 Å². The molecule has 0 saturated heterocycles. The maximum absolute atomic E-state index is 9.86. The molecule has 0 heterocycles. The van der Waals surface area contributed by atoms with Crippen LogP contribution in [0.1, 0.15) is 0 Å². The Morgan fingerprint density at radius 3 is 2.45 bits per heavy atom. The molecule has 3 nitrogen and oxygen atoms in total. The first kappa shape index (κ1) is 15.0. The standard InChI is InChI=1S/C15H15Cl2NO2/c16-11-3-1-5-13(7-11)18-9-14(19)10-20-15-6-2-4-12(17)8-15/h1-8,14,18-19H,9-10H2. The van der Waals surface area contributed by atoms with Gasteiger partial charge in [0, 0.05) is 22.3 Å². The molecule has 0 aromatic heterocycles. The lowest BCUT2D eigenvalue weighted by atomic mass is 10.3. The van der Waals surface area contributed by atoms with Crippen molar-refractivity contribution in [3.63, 3.8) is 0 Å². The molecule has 2 aromatic carbocycles. The van der Waals surface area contributed by atoms with Gasteiger partial charge in [0.25, 0.3) is 0 Å². The van der Waals surface area contributed by atoms with Gasteiger partial charge < -0.3 is 15.2 Å². The zero-order valence-corrected chi connectivity index (χ0v) is 12.2. The number of rotatable bonds is 6. The van der Waals surface area contributed by atoms with E-state index in [1.54, 1.807) is 36.4 Å². The lowest BCUT2D eigenvalue weighted by molar-refractivity contribution is 0.117. The summed E-state index contributed by atoms with van der Waals surface area (Å²) >= 11 is 11.7. The number of halogens is 2. The Morgan fingerprint density at radius 2 is 1.75 bits per heavy atom. The fourth-order valence-electron chi connectivity index (χ4n) is 1.64. The molecular weight excluding hydrogens is 297 g/mol. The fraction of sp³-hybridized carbons (Fsp3) is 0.200. The fourth-order valence-corrected chi connectivity index (χ4v) is 2.01. The summed E-state index contributed by atoms with van der Waals surface area (Å²) in [5, 5.41) is 14.2. The molecule has 2 aromatic rings. The molecule has 0 fully saturated rings. The van der Waals surface area contributed by atoms with Crippen LogP contribution in [0.4, 0.5) is 5.69 Å². The van der Waals surface area contributed by atoms with Crippen LogP contribution in [0.15, 0.2) is 48.5 Å². The number of benzene rings is 2. The third-order valence-electron chi connectivity index (χ3n) is 2.60. The van der Waals surface area contributed by atoms with Gasteiger partial charge in [0.05, 0.1) is 0 Å². The van der Waals surface area contributed by atoms with Gasteiger partial charge in [0.15, 0.2) is 0 Å².